The first-order chi connectivity index (χ1) is 4.43. The highest BCUT2D eigenvalue weighted by atomic mass is 32.1. The molecule has 43 valence electrons. The van der Waals surface area contributed by atoms with E-state index < -0.39 is 0 Å². The summed E-state index contributed by atoms with van der Waals surface area (Å²) in [6, 6.07) is 1.93. The predicted octanol–water partition coefficient (Wildman–Crippen LogP) is 0.955. The Labute approximate surface area is 56.8 Å². The second-order valence-corrected chi connectivity index (χ2v) is 1.75. The zero-order valence-electron chi connectivity index (χ0n) is 4.40. The van der Waals surface area contributed by atoms with Gasteiger partial charge in [-0.1, -0.05) is 0 Å². The summed E-state index contributed by atoms with van der Waals surface area (Å²) >= 11 is 1.23. The van der Waals surface area contributed by atoms with Crippen molar-refractivity contribution in [2.45, 2.75) is 0 Å². The van der Waals surface area contributed by atoms with Crippen LogP contribution in [0.3, 0.4) is 0 Å². The molecule has 3 nitrogen and oxygen atoms in total. The molecule has 1 aromatic rings. The van der Waals surface area contributed by atoms with Gasteiger partial charge in [-0.2, -0.15) is 5.26 Å². The van der Waals surface area contributed by atoms with Crippen molar-refractivity contribution in [1.29, 1.82) is 10.5 Å². The van der Waals surface area contributed by atoms with Gasteiger partial charge in [0.15, 0.2) is 5.51 Å². The molecule has 0 amide bonds. The van der Waals surface area contributed by atoms with Gasteiger partial charge in [-0.3, -0.25) is 0 Å². The summed E-state index contributed by atoms with van der Waals surface area (Å²) in [5.41, 5.74) is 2.55. The fraction of sp³-hybridized carbons (Fsp3) is 0. The molecule has 1 aromatic heterocycles. The number of hydrogen-bond donors (Lipinski definition) is 0. The summed E-state index contributed by atoms with van der Waals surface area (Å²) in [5.74, 6) is 0. The number of aromatic nitrogens is 1. The van der Waals surface area contributed by atoms with E-state index in [1.165, 1.54) is 17.5 Å². The average Bonchev–Trinajstić information content (AvgIpc) is 2.43. The molecule has 1 heterocycles. The third-order valence-corrected chi connectivity index (χ3v) is 1.11. The predicted molar refractivity (Wildman–Crippen MR) is 32.3 cm³/mol. The minimum absolute atomic E-state index is 0.611. The van der Waals surface area contributed by atoms with Crippen molar-refractivity contribution >= 4 is 11.3 Å². The van der Waals surface area contributed by atoms with Crippen LogP contribution in [0.5, 0.6) is 0 Å². The topological polar surface area (TPSA) is 60.5 Å². The molecule has 0 N–H and O–H groups in total. The Bertz CT molecular complexity index is 206. The lowest BCUT2D eigenvalue weighted by Gasteiger charge is -1.59. The minimum Gasteiger partial charge on any atom is -0.241 e. The molecule has 0 atom stereocenters. The molecule has 1 radical (unpaired) electrons. The van der Waals surface area contributed by atoms with Crippen LogP contribution >= 0.6 is 11.3 Å². The minimum atomic E-state index is 0.611. The summed E-state index contributed by atoms with van der Waals surface area (Å²) in [7, 11) is 0. The monoisotopic (exact) mass is 136 g/mol. The van der Waals surface area contributed by atoms with Crippen molar-refractivity contribution in [2.75, 3.05) is 0 Å². The molecule has 0 aromatic carbocycles. The second-order valence-electron chi connectivity index (χ2n) is 0.928. The van der Waals surface area contributed by atoms with Gasteiger partial charge in [-0.25, -0.2) is 10.2 Å². The highest BCUT2D eigenvalue weighted by molar-refractivity contribution is 7.09. The number of nitrogens with zero attached hydrogens (tertiary/aromatic N) is 3. The number of nitriles is 2. The highest BCUT2D eigenvalue weighted by Gasteiger charge is 1.85. The van der Waals surface area contributed by atoms with E-state index in [2.05, 4.69) is 17.1 Å². The van der Waals surface area contributed by atoms with E-state index in [1.807, 2.05) is 6.07 Å². The summed E-state index contributed by atoms with van der Waals surface area (Å²) in [6.07, 6.45) is 1.49. The van der Waals surface area contributed by atoms with Crippen LogP contribution in [0.1, 0.15) is 4.88 Å². The maximum atomic E-state index is 8.13. The Morgan fingerprint density at radius 2 is 2.44 bits per heavy atom. The van der Waals surface area contributed by atoms with Gasteiger partial charge in [-0.05, 0) is 0 Å². The third-order valence-electron chi connectivity index (χ3n) is 0.500. The van der Waals surface area contributed by atoms with E-state index in [4.69, 9.17) is 10.5 Å². The van der Waals surface area contributed by atoms with Crippen molar-refractivity contribution in [3.8, 4) is 12.6 Å². The summed E-state index contributed by atoms with van der Waals surface area (Å²) in [5, 5.41) is 14.6. The van der Waals surface area contributed by atoms with Gasteiger partial charge in [-0.15, -0.1) is 11.3 Å². The van der Waals surface area contributed by atoms with Crippen LogP contribution in [-0.4, -0.2) is 4.98 Å². The quantitative estimate of drug-likeness (QED) is 0.533. The van der Waals surface area contributed by atoms with Crippen LogP contribution in [0.25, 0.3) is 0 Å². The van der Waals surface area contributed by atoms with E-state index in [0.29, 0.717) is 4.88 Å². The van der Waals surface area contributed by atoms with E-state index in [9.17, 15) is 0 Å². The van der Waals surface area contributed by atoms with Crippen LogP contribution in [-0.2, 0) is 0 Å². The van der Waals surface area contributed by atoms with Crippen LogP contribution in [0.15, 0.2) is 6.20 Å². The number of thiazole rings is 1. The Balaban J connectivity index is 0.000000291. The van der Waals surface area contributed by atoms with Crippen molar-refractivity contribution < 1.29 is 0 Å². The zero-order valence-corrected chi connectivity index (χ0v) is 5.22. The Morgan fingerprint density at radius 3 is 2.67 bits per heavy atom. The Morgan fingerprint density at radius 1 is 1.78 bits per heavy atom. The molecule has 9 heavy (non-hydrogen) atoms. The van der Waals surface area contributed by atoms with E-state index >= 15 is 0 Å². The zero-order chi connectivity index (χ0) is 7.11. The van der Waals surface area contributed by atoms with Crippen LogP contribution in [0, 0.1) is 28.7 Å². The van der Waals surface area contributed by atoms with Crippen LogP contribution in [0.2, 0.25) is 0 Å². The Kier molecular flexibility index (Phi) is 4.03. The first-order valence-electron chi connectivity index (χ1n) is 1.91. The molecule has 0 unspecified atom stereocenters. The van der Waals surface area contributed by atoms with Crippen molar-refractivity contribution in [3.05, 3.63) is 16.6 Å². The smallest absolute Gasteiger partial charge is 0.153 e. The fourth-order valence-corrected chi connectivity index (χ4v) is 0.593. The summed E-state index contributed by atoms with van der Waals surface area (Å²) in [6.45, 7) is 3.50. The van der Waals surface area contributed by atoms with E-state index in [-0.39, 0.29) is 0 Å². The highest BCUT2D eigenvalue weighted by Crippen LogP contribution is 1.99. The van der Waals surface area contributed by atoms with Crippen molar-refractivity contribution in [2.24, 2.45) is 0 Å². The molecule has 4 heteroatoms. The SMILES string of the molecule is C#N.N#Cc1cn[c]s1. The van der Waals surface area contributed by atoms with Crippen LogP contribution in [0.4, 0.5) is 0 Å². The Hall–Kier alpha value is -1.39. The van der Waals surface area contributed by atoms with E-state index in [1.54, 1.807) is 0 Å². The summed E-state index contributed by atoms with van der Waals surface area (Å²) < 4.78 is 0. The molecule has 0 fully saturated rings. The maximum Gasteiger partial charge on any atom is 0.153 e. The fourth-order valence-electron chi connectivity index (χ4n) is 0.239. The molecule has 0 aliphatic carbocycles. The molecular weight excluding hydrogens is 134 g/mol. The molecule has 0 spiro atoms. The molecule has 0 saturated carbocycles. The first-order valence-corrected chi connectivity index (χ1v) is 2.73. The molecular formula is C5H2N3S. The van der Waals surface area contributed by atoms with Crippen LogP contribution < -0.4 is 0 Å². The van der Waals surface area contributed by atoms with Crippen molar-refractivity contribution in [1.82, 2.24) is 4.98 Å². The van der Waals surface area contributed by atoms with Gasteiger partial charge in [0.25, 0.3) is 0 Å². The number of rotatable bonds is 0. The average molecular weight is 136 g/mol. The second kappa shape index (κ2) is 4.76. The van der Waals surface area contributed by atoms with Gasteiger partial charge in [0, 0.05) is 6.57 Å². The van der Waals surface area contributed by atoms with E-state index in [0.717, 1.165) is 0 Å². The third kappa shape index (κ3) is 2.43. The van der Waals surface area contributed by atoms with Gasteiger partial charge >= 0.3 is 0 Å². The molecule has 0 bridgehead atoms. The molecule has 0 aliphatic rings. The lowest BCUT2D eigenvalue weighted by molar-refractivity contribution is 1.39. The standard InChI is InChI=1S/C4HN2S.CHN/c5-1-4-2-6-3-7-4;1-2/h2H;1H. The largest absolute Gasteiger partial charge is 0.241 e. The maximum absolute atomic E-state index is 8.13. The lowest BCUT2D eigenvalue weighted by atomic mass is 10.6. The number of hydrogen-bond acceptors (Lipinski definition) is 4. The molecule has 0 saturated heterocycles. The molecule has 1 rings (SSSR count). The van der Waals surface area contributed by atoms with Gasteiger partial charge < -0.3 is 0 Å². The first kappa shape index (κ1) is 7.61. The van der Waals surface area contributed by atoms with Gasteiger partial charge in [0.05, 0.1) is 6.20 Å². The molecule has 0 aliphatic heterocycles. The lowest BCUT2D eigenvalue weighted by Crippen LogP contribution is -1.53. The van der Waals surface area contributed by atoms with Crippen molar-refractivity contribution in [3.63, 3.8) is 0 Å². The normalized spacial score (nSPS) is 6.33. The summed E-state index contributed by atoms with van der Waals surface area (Å²) in [4.78, 5) is 4.18. The van der Waals surface area contributed by atoms with Gasteiger partial charge in [0.1, 0.15) is 10.9 Å². The van der Waals surface area contributed by atoms with Gasteiger partial charge in [0.2, 0.25) is 0 Å².